The average molecular weight is 476 g/mol. The zero-order valence-corrected chi connectivity index (χ0v) is 20.2. The van der Waals surface area contributed by atoms with Gasteiger partial charge in [0.25, 0.3) is 0 Å². The smallest absolute Gasteiger partial charge is 0.231 e. The second-order valence-corrected chi connectivity index (χ2v) is 9.36. The largest absolute Gasteiger partial charge is 0.494 e. The van der Waals surface area contributed by atoms with E-state index >= 15 is 0 Å². The number of hydrogen-bond donors (Lipinski definition) is 1. The van der Waals surface area contributed by atoms with Crippen molar-refractivity contribution in [1.82, 2.24) is 20.1 Å². The van der Waals surface area contributed by atoms with E-state index in [1.807, 2.05) is 54.0 Å². The van der Waals surface area contributed by atoms with Crippen LogP contribution in [0.15, 0.2) is 59.8 Å². The van der Waals surface area contributed by atoms with E-state index in [4.69, 9.17) is 4.74 Å². The number of amides is 1. The molecule has 1 aliphatic carbocycles. The summed E-state index contributed by atoms with van der Waals surface area (Å²) in [4.78, 5) is 12.8. The monoisotopic (exact) mass is 475 g/mol. The molecule has 2 aromatic carbocycles. The third kappa shape index (κ3) is 5.78. The summed E-state index contributed by atoms with van der Waals surface area (Å²) < 4.78 is 7.57. The Morgan fingerprint density at radius 1 is 1.12 bits per heavy atom. The molecular weight excluding hydrogens is 446 g/mol. The number of ether oxygens (including phenoxy) is 1. The Bertz CT molecular complexity index is 1130. The molecule has 1 heterocycles. The van der Waals surface area contributed by atoms with E-state index in [0.29, 0.717) is 31.0 Å². The summed E-state index contributed by atoms with van der Waals surface area (Å²) in [6.07, 6.45) is 5.09. The predicted octanol–water partition coefficient (Wildman–Crippen LogP) is 4.69. The topological polar surface area (TPSA) is 92.8 Å². The van der Waals surface area contributed by atoms with Gasteiger partial charge in [0, 0.05) is 12.1 Å². The molecule has 0 unspecified atom stereocenters. The third-order valence-corrected chi connectivity index (χ3v) is 6.87. The Hall–Kier alpha value is -3.31. The Morgan fingerprint density at radius 3 is 2.53 bits per heavy atom. The van der Waals surface area contributed by atoms with Gasteiger partial charge < -0.3 is 10.1 Å². The van der Waals surface area contributed by atoms with Crippen molar-refractivity contribution >= 4 is 17.7 Å². The summed E-state index contributed by atoms with van der Waals surface area (Å²) in [6, 6.07) is 20.2. The lowest BCUT2D eigenvalue weighted by atomic mass is 9.83. The molecule has 1 aliphatic rings. The van der Waals surface area contributed by atoms with Gasteiger partial charge in [0.2, 0.25) is 5.91 Å². The number of nitrogens with zero attached hydrogens (tertiary/aromatic N) is 4. The van der Waals surface area contributed by atoms with Gasteiger partial charge in [-0.3, -0.25) is 9.36 Å². The molecule has 34 heavy (non-hydrogen) atoms. The van der Waals surface area contributed by atoms with Crippen LogP contribution in [0.1, 0.15) is 50.4 Å². The third-order valence-electron chi connectivity index (χ3n) is 5.94. The van der Waals surface area contributed by atoms with Crippen molar-refractivity contribution in [2.24, 2.45) is 0 Å². The lowest BCUT2D eigenvalue weighted by Crippen LogP contribution is -2.49. The molecule has 0 bridgehead atoms. The molecule has 176 valence electrons. The van der Waals surface area contributed by atoms with Crippen molar-refractivity contribution in [3.05, 3.63) is 66.0 Å². The lowest BCUT2D eigenvalue weighted by molar-refractivity contribution is -0.120. The number of carbonyl (C=O) groups excluding carboxylic acids is 1. The molecule has 0 spiro atoms. The van der Waals surface area contributed by atoms with Gasteiger partial charge in [0.1, 0.15) is 17.1 Å². The highest BCUT2D eigenvalue weighted by Gasteiger charge is 2.33. The minimum Gasteiger partial charge on any atom is -0.494 e. The maximum absolute atomic E-state index is 12.8. The maximum atomic E-state index is 12.8. The number of hydrogen-bond acceptors (Lipinski definition) is 6. The first kappa shape index (κ1) is 23.8. The van der Waals surface area contributed by atoms with E-state index in [1.165, 1.54) is 11.8 Å². The van der Waals surface area contributed by atoms with Crippen LogP contribution in [-0.2, 0) is 11.2 Å². The normalized spacial score (nSPS) is 14.8. The summed E-state index contributed by atoms with van der Waals surface area (Å²) in [7, 11) is 0. The SMILES string of the molecule is CCOc1ccc(-n2c(Cc3ccccc3)nnc2SCC(=O)NC2(C#N)CCCCC2)cc1. The van der Waals surface area contributed by atoms with Crippen LogP contribution < -0.4 is 10.1 Å². The molecule has 8 heteroatoms. The first-order valence-electron chi connectivity index (χ1n) is 11.7. The zero-order valence-electron chi connectivity index (χ0n) is 19.4. The summed E-state index contributed by atoms with van der Waals surface area (Å²) in [6.45, 7) is 2.56. The van der Waals surface area contributed by atoms with Gasteiger partial charge in [-0.25, -0.2) is 0 Å². The number of nitrogens with one attached hydrogen (secondary N) is 1. The average Bonchev–Trinajstić information content (AvgIpc) is 3.27. The van der Waals surface area contributed by atoms with Crippen LogP contribution in [0.25, 0.3) is 5.69 Å². The van der Waals surface area contributed by atoms with Crippen LogP contribution in [0.3, 0.4) is 0 Å². The molecule has 4 rings (SSSR count). The van der Waals surface area contributed by atoms with Gasteiger partial charge >= 0.3 is 0 Å². The van der Waals surface area contributed by atoms with Crippen LogP contribution in [0.5, 0.6) is 5.75 Å². The Kier molecular flexibility index (Phi) is 7.86. The molecule has 0 aliphatic heterocycles. The fraction of sp³-hybridized carbons (Fsp3) is 0.385. The molecule has 1 amide bonds. The highest BCUT2D eigenvalue weighted by molar-refractivity contribution is 7.99. The fourth-order valence-electron chi connectivity index (χ4n) is 4.26. The van der Waals surface area contributed by atoms with Gasteiger partial charge in [0.05, 0.1) is 18.4 Å². The second-order valence-electron chi connectivity index (χ2n) is 8.41. The Labute approximate surface area is 204 Å². The lowest BCUT2D eigenvalue weighted by Gasteiger charge is -2.31. The number of benzene rings is 2. The van der Waals surface area contributed by atoms with Crippen molar-refractivity contribution in [2.45, 2.75) is 56.1 Å². The molecule has 1 aromatic heterocycles. The fourth-order valence-corrected chi connectivity index (χ4v) is 5.03. The molecule has 0 radical (unpaired) electrons. The summed E-state index contributed by atoms with van der Waals surface area (Å²) in [5, 5.41) is 22.1. The molecule has 1 fully saturated rings. The minimum absolute atomic E-state index is 0.153. The van der Waals surface area contributed by atoms with Gasteiger partial charge in [-0.1, -0.05) is 61.4 Å². The van der Waals surface area contributed by atoms with E-state index in [9.17, 15) is 10.1 Å². The number of carbonyl (C=O) groups is 1. The van der Waals surface area contributed by atoms with Crippen LogP contribution in [-0.4, -0.2) is 38.6 Å². The van der Waals surface area contributed by atoms with Crippen LogP contribution >= 0.6 is 11.8 Å². The van der Waals surface area contributed by atoms with E-state index in [-0.39, 0.29) is 11.7 Å². The highest BCUT2D eigenvalue weighted by atomic mass is 32.2. The zero-order chi connectivity index (χ0) is 23.8. The van der Waals surface area contributed by atoms with E-state index in [1.54, 1.807) is 0 Å². The number of aromatic nitrogens is 3. The van der Waals surface area contributed by atoms with Crippen LogP contribution in [0, 0.1) is 11.3 Å². The molecular formula is C26H29N5O2S. The standard InChI is InChI=1S/C26H29N5O2S/c1-2-33-22-13-11-21(12-14-22)31-23(17-20-9-5-3-6-10-20)29-30-25(31)34-18-24(32)28-26(19-27)15-7-4-8-16-26/h3,5-6,9-14H,2,4,7-8,15-18H2,1H3,(H,28,32). The summed E-state index contributed by atoms with van der Waals surface area (Å²) >= 11 is 1.33. The number of nitriles is 1. The van der Waals surface area contributed by atoms with Crippen LogP contribution in [0.4, 0.5) is 0 Å². The van der Waals surface area contributed by atoms with Crippen molar-refractivity contribution < 1.29 is 9.53 Å². The maximum Gasteiger partial charge on any atom is 0.231 e. The molecule has 1 saturated carbocycles. The molecule has 7 nitrogen and oxygen atoms in total. The van der Waals surface area contributed by atoms with E-state index in [2.05, 4.69) is 33.7 Å². The van der Waals surface area contributed by atoms with Crippen LogP contribution in [0.2, 0.25) is 0 Å². The minimum atomic E-state index is -0.739. The quantitative estimate of drug-likeness (QED) is 0.451. The molecule has 0 atom stereocenters. The Balaban J connectivity index is 1.54. The highest BCUT2D eigenvalue weighted by Crippen LogP contribution is 2.29. The van der Waals surface area contributed by atoms with Gasteiger partial charge in [-0.2, -0.15) is 5.26 Å². The molecule has 3 aromatic rings. The molecule has 1 N–H and O–H groups in total. The van der Waals surface area contributed by atoms with Gasteiger partial charge in [0.15, 0.2) is 5.16 Å². The predicted molar refractivity (Wildman–Crippen MR) is 132 cm³/mol. The van der Waals surface area contributed by atoms with E-state index < -0.39 is 5.54 Å². The first-order valence-corrected chi connectivity index (χ1v) is 12.7. The van der Waals surface area contributed by atoms with Crippen molar-refractivity contribution in [1.29, 1.82) is 5.26 Å². The second kappa shape index (κ2) is 11.2. The number of thioether (sulfide) groups is 1. The van der Waals surface area contributed by atoms with Crippen molar-refractivity contribution in [3.63, 3.8) is 0 Å². The van der Waals surface area contributed by atoms with Gasteiger partial charge in [-0.15, -0.1) is 10.2 Å². The molecule has 0 saturated heterocycles. The van der Waals surface area contributed by atoms with Gasteiger partial charge in [-0.05, 0) is 49.6 Å². The number of rotatable bonds is 9. The summed E-state index contributed by atoms with van der Waals surface area (Å²) in [5.41, 5.74) is 1.30. The Morgan fingerprint density at radius 2 is 1.85 bits per heavy atom. The first-order chi connectivity index (χ1) is 16.6. The van der Waals surface area contributed by atoms with E-state index in [0.717, 1.165) is 42.1 Å². The van der Waals surface area contributed by atoms with Crippen molar-refractivity contribution in [2.75, 3.05) is 12.4 Å². The summed E-state index contributed by atoms with van der Waals surface area (Å²) in [5.74, 6) is 1.61. The van der Waals surface area contributed by atoms with Crippen molar-refractivity contribution in [3.8, 4) is 17.5 Å².